The molecule has 0 unspecified atom stereocenters. The van der Waals surface area contributed by atoms with Gasteiger partial charge >= 0.3 is 0 Å². The topological polar surface area (TPSA) is 38.0 Å². The van der Waals surface area contributed by atoms with Crippen LogP contribution in [-0.4, -0.2) is 14.7 Å². The highest BCUT2D eigenvalue weighted by Gasteiger charge is 2.16. The lowest BCUT2D eigenvalue weighted by atomic mass is 10.0. The van der Waals surface area contributed by atoms with E-state index in [-0.39, 0.29) is 12.4 Å². The summed E-state index contributed by atoms with van der Waals surface area (Å²) in [7, 11) is 0. The fraction of sp³-hybridized carbons (Fsp3) is 0.357. The molecule has 0 saturated heterocycles. The molecule has 1 N–H and O–H groups in total. The number of hydrogen-bond donors (Lipinski definition) is 1. The Morgan fingerprint density at radius 2 is 2.06 bits per heavy atom. The molecule has 0 bridgehead atoms. The zero-order valence-electron chi connectivity index (χ0n) is 10.1. The molecule has 0 fully saturated rings. The van der Waals surface area contributed by atoms with Gasteiger partial charge in [0.2, 0.25) is 0 Å². The molecule has 0 saturated carbocycles. The van der Waals surface area contributed by atoms with Gasteiger partial charge in [-0.25, -0.2) is 9.37 Å². The molecule has 1 aliphatic carbocycles. The van der Waals surface area contributed by atoms with E-state index in [0.29, 0.717) is 5.56 Å². The molecule has 94 valence electrons. The standard InChI is InChI=1S/C14H15FN2O/c15-11-5-10(8-18)6-12(7-11)17-9-16-13-3-1-2-4-14(13)17/h5-7,9,18H,1-4,8H2. The van der Waals surface area contributed by atoms with Crippen LogP contribution in [0.4, 0.5) is 4.39 Å². The number of halogens is 1. The summed E-state index contributed by atoms with van der Waals surface area (Å²) in [4.78, 5) is 4.40. The molecule has 1 aromatic carbocycles. The molecule has 18 heavy (non-hydrogen) atoms. The zero-order chi connectivity index (χ0) is 12.5. The zero-order valence-corrected chi connectivity index (χ0v) is 10.1. The average molecular weight is 246 g/mol. The molecule has 0 radical (unpaired) electrons. The first kappa shape index (κ1) is 11.4. The number of aromatic nitrogens is 2. The van der Waals surface area contributed by atoms with Crippen LogP contribution in [0.25, 0.3) is 5.69 Å². The number of fused-ring (bicyclic) bond motifs is 1. The van der Waals surface area contributed by atoms with Crippen molar-refractivity contribution in [1.29, 1.82) is 0 Å². The number of aryl methyl sites for hydroxylation is 1. The molecule has 4 heteroatoms. The fourth-order valence-corrected chi connectivity index (χ4v) is 2.56. The average Bonchev–Trinajstić information content (AvgIpc) is 2.81. The van der Waals surface area contributed by atoms with Crippen molar-refractivity contribution in [2.24, 2.45) is 0 Å². The van der Waals surface area contributed by atoms with Crippen LogP contribution < -0.4 is 0 Å². The van der Waals surface area contributed by atoms with E-state index in [4.69, 9.17) is 5.11 Å². The Kier molecular flexibility index (Phi) is 2.88. The first-order valence-electron chi connectivity index (χ1n) is 6.24. The second kappa shape index (κ2) is 4.53. The number of nitrogens with zero attached hydrogens (tertiary/aromatic N) is 2. The van der Waals surface area contributed by atoms with Crippen molar-refractivity contribution in [3.05, 3.63) is 47.3 Å². The number of hydrogen-bond acceptors (Lipinski definition) is 2. The second-order valence-corrected chi connectivity index (χ2v) is 4.69. The summed E-state index contributed by atoms with van der Waals surface area (Å²) in [6.45, 7) is -0.151. The summed E-state index contributed by atoms with van der Waals surface area (Å²) in [5.41, 5.74) is 3.63. The maximum Gasteiger partial charge on any atom is 0.125 e. The minimum atomic E-state index is -0.324. The molecular weight excluding hydrogens is 231 g/mol. The Morgan fingerprint density at radius 3 is 2.89 bits per heavy atom. The minimum absolute atomic E-state index is 0.151. The summed E-state index contributed by atoms with van der Waals surface area (Å²) in [6, 6.07) is 4.64. The molecule has 0 atom stereocenters. The number of rotatable bonds is 2. The third kappa shape index (κ3) is 1.93. The van der Waals surface area contributed by atoms with Crippen LogP contribution in [0.5, 0.6) is 0 Å². The lowest BCUT2D eigenvalue weighted by Gasteiger charge is -2.14. The maximum absolute atomic E-state index is 13.5. The number of aliphatic hydroxyl groups is 1. The van der Waals surface area contributed by atoms with Crippen LogP contribution in [0.2, 0.25) is 0 Å². The third-order valence-corrected chi connectivity index (χ3v) is 3.43. The molecule has 3 rings (SSSR count). The highest BCUT2D eigenvalue weighted by Crippen LogP contribution is 2.24. The van der Waals surface area contributed by atoms with E-state index in [1.807, 2.05) is 4.57 Å². The first-order chi connectivity index (χ1) is 8.78. The number of imidazole rings is 1. The van der Waals surface area contributed by atoms with Crippen LogP contribution >= 0.6 is 0 Å². The van der Waals surface area contributed by atoms with E-state index in [2.05, 4.69) is 4.98 Å². The van der Waals surface area contributed by atoms with E-state index in [9.17, 15) is 4.39 Å². The number of benzene rings is 1. The highest BCUT2D eigenvalue weighted by atomic mass is 19.1. The Labute approximate surface area is 105 Å². The van der Waals surface area contributed by atoms with E-state index in [1.165, 1.54) is 24.2 Å². The largest absolute Gasteiger partial charge is 0.392 e. The van der Waals surface area contributed by atoms with Gasteiger partial charge in [-0.1, -0.05) is 0 Å². The predicted molar refractivity (Wildman–Crippen MR) is 66.1 cm³/mol. The van der Waals surface area contributed by atoms with Crippen molar-refractivity contribution in [2.45, 2.75) is 32.3 Å². The summed E-state index contributed by atoms with van der Waals surface area (Å²) in [5.74, 6) is -0.324. The minimum Gasteiger partial charge on any atom is -0.392 e. The van der Waals surface area contributed by atoms with Gasteiger partial charge in [0.05, 0.1) is 24.3 Å². The van der Waals surface area contributed by atoms with Gasteiger partial charge in [0, 0.05) is 5.69 Å². The normalized spacial score (nSPS) is 14.6. The third-order valence-electron chi connectivity index (χ3n) is 3.43. The molecule has 0 spiro atoms. The maximum atomic E-state index is 13.5. The van der Waals surface area contributed by atoms with Crippen LogP contribution in [-0.2, 0) is 19.4 Å². The monoisotopic (exact) mass is 246 g/mol. The van der Waals surface area contributed by atoms with Gasteiger partial charge in [-0.3, -0.25) is 0 Å². The number of aliphatic hydroxyl groups excluding tert-OH is 1. The fourth-order valence-electron chi connectivity index (χ4n) is 2.56. The molecule has 0 aliphatic heterocycles. The van der Waals surface area contributed by atoms with Crippen molar-refractivity contribution < 1.29 is 9.50 Å². The smallest absolute Gasteiger partial charge is 0.125 e. The van der Waals surface area contributed by atoms with Crippen molar-refractivity contribution >= 4 is 0 Å². The van der Waals surface area contributed by atoms with Gasteiger partial charge in [-0.05, 0) is 49.4 Å². The van der Waals surface area contributed by atoms with Gasteiger partial charge < -0.3 is 9.67 Å². The van der Waals surface area contributed by atoms with Gasteiger partial charge in [-0.15, -0.1) is 0 Å². The van der Waals surface area contributed by atoms with E-state index < -0.39 is 0 Å². The highest BCUT2D eigenvalue weighted by molar-refractivity contribution is 5.39. The van der Waals surface area contributed by atoms with Gasteiger partial charge in [0.15, 0.2) is 0 Å². The van der Waals surface area contributed by atoms with Crippen molar-refractivity contribution in [1.82, 2.24) is 9.55 Å². The Morgan fingerprint density at radius 1 is 1.22 bits per heavy atom. The Hall–Kier alpha value is -1.68. The molecule has 1 aromatic heterocycles. The molecular formula is C14H15FN2O. The summed E-state index contributed by atoms with van der Waals surface area (Å²) in [5, 5.41) is 9.13. The van der Waals surface area contributed by atoms with Crippen molar-refractivity contribution in [3.63, 3.8) is 0 Å². The van der Waals surface area contributed by atoms with E-state index in [1.54, 1.807) is 12.4 Å². The van der Waals surface area contributed by atoms with Gasteiger partial charge in [0.25, 0.3) is 0 Å². The lowest BCUT2D eigenvalue weighted by Crippen LogP contribution is -2.07. The molecule has 3 nitrogen and oxygen atoms in total. The van der Waals surface area contributed by atoms with Gasteiger partial charge in [-0.2, -0.15) is 0 Å². The Balaban J connectivity index is 2.09. The van der Waals surface area contributed by atoms with E-state index in [0.717, 1.165) is 30.6 Å². The lowest BCUT2D eigenvalue weighted by molar-refractivity contribution is 0.281. The van der Waals surface area contributed by atoms with Crippen LogP contribution in [0.3, 0.4) is 0 Å². The van der Waals surface area contributed by atoms with Crippen molar-refractivity contribution in [3.8, 4) is 5.69 Å². The van der Waals surface area contributed by atoms with E-state index >= 15 is 0 Å². The molecule has 1 heterocycles. The Bertz CT molecular complexity index is 577. The second-order valence-electron chi connectivity index (χ2n) is 4.69. The predicted octanol–water partition coefficient (Wildman–Crippen LogP) is 2.38. The summed E-state index contributed by atoms with van der Waals surface area (Å²) in [6.07, 6.45) is 6.08. The SMILES string of the molecule is OCc1cc(F)cc(-n2cnc3c2CCCC3)c1. The van der Waals surface area contributed by atoms with Crippen LogP contribution in [0.1, 0.15) is 29.8 Å². The molecule has 1 aliphatic rings. The first-order valence-corrected chi connectivity index (χ1v) is 6.24. The van der Waals surface area contributed by atoms with Gasteiger partial charge in [0.1, 0.15) is 5.82 Å². The quantitative estimate of drug-likeness (QED) is 0.883. The molecule has 0 amide bonds. The van der Waals surface area contributed by atoms with Crippen LogP contribution in [0, 0.1) is 5.82 Å². The summed E-state index contributed by atoms with van der Waals surface area (Å²) >= 11 is 0. The van der Waals surface area contributed by atoms with Crippen molar-refractivity contribution in [2.75, 3.05) is 0 Å². The molecule has 2 aromatic rings. The van der Waals surface area contributed by atoms with Crippen LogP contribution in [0.15, 0.2) is 24.5 Å². The summed E-state index contributed by atoms with van der Waals surface area (Å²) < 4.78 is 15.4.